The molecule has 0 saturated carbocycles. The summed E-state index contributed by atoms with van der Waals surface area (Å²) in [5.41, 5.74) is 0.145. The maximum absolute atomic E-state index is 12.8. The van der Waals surface area contributed by atoms with Crippen molar-refractivity contribution in [1.82, 2.24) is 4.98 Å². The highest BCUT2D eigenvalue weighted by atomic mass is 35.5. The molecule has 1 heterocycles. The monoisotopic (exact) mass is 197 g/mol. The van der Waals surface area contributed by atoms with Gasteiger partial charge in [-0.2, -0.15) is 0 Å². The van der Waals surface area contributed by atoms with Crippen LogP contribution in [0.25, 0.3) is 10.9 Å². The van der Waals surface area contributed by atoms with Crippen LogP contribution in [0.2, 0.25) is 5.02 Å². The van der Waals surface area contributed by atoms with Crippen molar-refractivity contribution in [3.8, 4) is 0 Å². The van der Waals surface area contributed by atoms with E-state index in [1.54, 1.807) is 6.07 Å². The first-order valence-corrected chi connectivity index (χ1v) is 4.03. The second kappa shape index (κ2) is 2.85. The summed E-state index contributed by atoms with van der Waals surface area (Å²) >= 11 is 5.75. The van der Waals surface area contributed by atoms with Gasteiger partial charge in [-0.25, -0.2) is 4.39 Å². The molecule has 1 N–H and O–H groups in total. The molecule has 0 aliphatic carbocycles. The van der Waals surface area contributed by atoms with E-state index in [2.05, 4.69) is 4.98 Å². The average Bonchev–Trinajstić information content (AvgIpc) is 2.02. The van der Waals surface area contributed by atoms with E-state index in [1.165, 1.54) is 18.2 Å². The number of pyridine rings is 1. The van der Waals surface area contributed by atoms with Gasteiger partial charge in [-0.15, -0.1) is 0 Å². The van der Waals surface area contributed by atoms with Crippen LogP contribution in [0.15, 0.2) is 29.1 Å². The molecule has 1 aromatic heterocycles. The Morgan fingerprint density at radius 1 is 1.31 bits per heavy atom. The third-order valence-electron chi connectivity index (χ3n) is 1.75. The molecule has 0 aliphatic heterocycles. The van der Waals surface area contributed by atoms with Gasteiger partial charge in [0.05, 0.1) is 10.5 Å². The standard InChI is InChI=1S/C9H5ClFNO/c10-7-3-5(11)4-8-6(7)1-2-9(13)12-8/h1-4H,(H,12,13). The molecule has 13 heavy (non-hydrogen) atoms. The highest BCUT2D eigenvalue weighted by Gasteiger charge is 2.01. The van der Waals surface area contributed by atoms with Crippen molar-refractivity contribution in [1.29, 1.82) is 0 Å². The smallest absolute Gasteiger partial charge is 0.248 e. The Kier molecular flexibility index (Phi) is 1.81. The Labute approximate surface area is 78.0 Å². The number of hydrogen-bond donors (Lipinski definition) is 1. The lowest BCUT2D eigenvalue weighted by atomic mass is 10.2. The molecule has 0 fully saturated rings. The van der Waals surface area contributed by atoms with Crippen LogP contribution >= 0.6 is 11.6 Å². The van der Waals surface area contributed by atoms with Gasteiger partial charge in [-0.05, 0) is 18.2 Å². The molecule has 0 atom stereocenters. The van der Waals surface area contributed by atoms with Gasteiger partial charge in [0.15, 0.2) is 0 Å². The first-order chi connectivity index (χ1) is 6.16. The number of halogens is 2. The highest BCUT2D eigenvalue weighted by Crippen LogP contribution is 2.21. The molecule has 66 valence electrons. The van der Waals surface area contributed by atoms with Gasteiger partial charge < -0.3 is 4.98 Å². The maximum atomic E-state index is 12.8. The average molecular weight is 198 g/mol. The second-order valence-corrected chi connectivity index (χ2v) is 3.08. The number of fused-ring (bicyclic) bond motifs is 1. The Bertz CT molecular complexity index is 520. The molecule has 0 spiro atoms. The van der Waals surface area contributed by atoms with E-state index in [0.717, 1.165) is 0 Å². The lowest BCUT2D eigenvalue weighted by molar-refractivity contribution is 0.629. The maximum Gasteiger partial charge on any atom is 0.248 e. The van der Waals surface area contributed by atoms with Crippen molar-refractivity contribution in [2.75, 3.05) is 0 Å². The lowest BCUT2D eigenvalue weighted by Gasteiger charge is -1.99. The van der Waals surface area contributed by atoms with Crippen molar-refractivity contribution < 1.29 is 4.39 Å². The van der Waals surface area contributed by atoms with Crippen molar-refractivity contribution in [3.05, 3.63) is 45.5 Å². The van der Waals surface area contributed by atoms with Gasteiger partial charge in [-0.3, -0.25) is 4.79 Å². The molecule has 0 bridgehead atoms. The normalized spacial score (nSPS) is 10.6. The highest BCUT2D eigenvalue weighted by molar-refractivity contribution is 6.35. The Hall–Kier alpha value is -1.35. The van der Waals surface area contributed by atoms with Crippen LogP contribution < -0.4 is 5.56 Å². The van der Waals surface area contributed by atoms with Gasteiger partial charge in [0.2, 0.25) is 5.56 Å². The third-order valence-corrected chi connectivity index (χ3v) is 2.07. The lowest BCUT2D eigenvalue weighted by Crippen LogP contribution is -2.02. The van der Waals surface area contributed by atoms with Gasteiger partial charge in [0, 0.05) is 11.5 Å². The number of rotatable bonds is 0. The minimum Gasteiger partial charge on any atom is -0.322 e. The van der Waals surface area contributed by atoms with Crippen molar-refractivity contribution in [2.45, 2.75) is 0 Å². The van der Waals surface area contributed by atoms with Gasteiger partial charge in [-0.1, -0.05) is 11.6 Å². The summed E-state index contributed by atoms with van der Waals surface area (Å²) in [5, 5.41) is 0.939. The van der Waals surface area contributed by atoms with Crippen LogP contribution in [-0.4, -0.2) is 4.98 Å². The van der Waals surface area contributed by atoms with Crippen molar-refractivity contribution in [3.63, 3.8) is 0 Å². The van der Waals surface area contributed by atoms with E-state index >= 15 is 0 Å². The van der Waals surface area contributed by atoms with E-state index in [9.17, 15) is 9.18 Å². The first-order valence-electron chi connectivity index (χ1n) is 3.65. The predicted molar refractivity (Wildman–Crippen MR) is 49.5 cm³/mol. The molecule has 1 aromatic carbocycles. The van der Waals surface area contributed by atoms with Crippen molar-refractivity contribution >= 4 is 22.5 Å². The largest absolute Gasteiger partial charge is 0.322 e. The minimum atomic E-state index is -0.459. The Morgan fingerprint density at radius 3 is 2.85 bits per heavy atom. The molecule has 0 saturated heterocycles. The molecular formula is C9H5ClFNO. The summed E-state index contributed by atoms with van der Waals surface area (Å²) < 4.78 is 12.8. The quantitative estimate of drug-likeness (QED) is 0.691. The summed E-state index contributed by atoms with van der Waals surface area (Å²) in [6.07, 6.45) is 0. The van der Waals surface area contributed by atoms with Gasteiger partial charge in [0.25, 0.3) is 0 Å². The molecule has 2 rings (SSSR count). The fourth-order valence-electron chi connectivity index (χ4n) is 1.19. The summed E-state index contributed by atoms with van der Waals surface area (Å²) in [6, 6.07) is 5.37. The molecule has 0 aliphatic rings. The minimum absolute atomic E-state index is 0.269. The number of aromatic nitrogens is 1. The van der Waals surface area contributed by atoms with E-state index in [1.807, 2.05) is 0 Å². The first kappa shape index (κ1) is 8.26. The molecular weight excluding hydrogens is 193 g/mol. The van der Waals surface area contributed by atoms with E-state index in [-0.39, 0.29) is 5.56 Å². The summed E-state index contributed by atoms with van der Waals surface area (Å²) in [6.45, 7) is 0. The van der Waals surface area contributed by atoms with Crippen molar-refractivity contribution in [2.24, 2.45) is 0 Å². The molecule has 0 unspecified atom stereocenters. The molecule has 2 nitrogen and oxygen atoms in total. The predicted octanol–water partition coefficient (Wildman–Crippen LogP) is 2.32. The van der Waals surface area contributed by atoms with E-state index in [4.69, 9.17) is 11.6 Å². The summed E-state index contributed by atoms with van der Waals surface area (Å²) in [5.74, 6) is -0.459. The molecule has 0 radical (unpaired) electrons. The fourth-order valence-corrected chi connectivity index (χ4v) is 1.46. The number of nitrogens with one attached hydrogen (secondary N) is 1. The van der Waals surface area contributed by atoms with Gasteiger partial charge in [0.1, 0.15) is 5.82 Å². The fraction of sp³-hybridized carbons (Fsp3) is 0. The Morgan fingerprint density at radius 2 is 2.08 bits per heavy atom. The summed E-state index contributed by atoms with van der Waals surface area (Å²) in [4.78, 5) is 13.4. The zero-order valence-corrected chi connectivity index (χ0v) is 7.23. The SMILES string of the molecule is O=c1ccc2c(Cl)cc(F)cc2[nH]1. The number of benzene rings is 1. The number of H-pyrrole nitrogens is 1. The number of hydrogen-bond acceptors (Lipinski definition) is 1. The molecule has 2 aromatic rings. The van der Waals surface area contributed by atoms with Crippen LogP contribution in [-0.2, 0) is 0 Å². The number of aromatic amines is 1. The molecule has 0 amide bonds. The van der Waals surface area contributed by atoms with Crippen LogP contribution in [0.4, 0.5) is 4.39 Å². The third kappa shape index (κ3) is 1.42. The van der Waals surface area contributed by atoms with Gasteiger partial charge >= 0.3 is 0 Å². The topological polar surface area (TPSA) is 32.9 Å². The van der Waals surface area contributed by atoms with Crippen LogP contribution in [0.3, 0.4) is 0 Å². The second-order valence-electron chi connectivity index (χ2n) is 2.67. The Balaban J connectivity index is 2.94. The van der Waals surface area contributed by atoms with Crippen LogP contribution in [0.5, 0.6) is 0 Å². The molecule has 4 heteroatoms. The zero-order chi connectivity index (χ0) is 9.42. The van der Waals surface area contributed by atoms with E-state index < -0.39 is 5.82 Å². The van der Waals surface area contributed by atoms with Crippen LogP contribution in [0, 0.1) is 5.82 Å². The summed E-state index contributed by atoms with van der Waals surface area (Å²) in [7, 11) is 0. The van der Waals surface area contributed by atoms with Crippen LogP contribution in [0.1, 0.15) is 0 Å². The van der Waals surface area contributed by atoms with E-state index in [0.29, 0.717) is 15.9 Å². The zero-order valence-electron chi connectivity index (χ0n) is 6.47.